The molecule has 2 N–H and O–H groups in total. The first kappa shape index (κ1) is 19.2. The van der Waals surface area contributed by atoms with E-state index in [-0.39, 0.29) is 26.2 Å². The van der Waals surface area contributed by atoms with Gasteiger partial charge in [0.1, 0.15) is 6.61 Å². The lowest BCUT2D eigenvalue weighted by Crippen LogP contribution is -2.48. The van der Waals surface area contributed by atoms with E-state index in [4.69, 9.17) is 10.5 Å². The summed E-state index contributed by atoms with van der Waals surface area (Å²) >= 11 is 0. The Hall–Kier alpha value is -1.85. The molecule has 2 rings (SSSR count). The van der Waals surface area contributed by atoms with Crippen LogP contribution in [0.4, 0.5) is 4.79 Å². The fourth-order valence-electron chi connectivity index (χ4n) is 2.49. The van der Waals surface area contributed by atoms with Crippen LogP contribution in [0.2, 0.25) is 0 Å². The van der Waals surface area contributed by atoms with E-state index in [0.717, 1.165) is 25.2 Å². The van der Waals surface area contributed by atoms with Gasteiger partial charge < -0.3 is 15.4 Å². The minimum atomic E-state index is -0.249. The number of carbonyl (C=O) groups excluding carboxylic acids is 1. The van der Waals surface area contributed by atoms with Crippen molar-refractivity contribution < 1.29 is 9.53 Å². The first-order valence-corrected chi connectivity index (χ1v) is 7.69. The number of amides is 1. The molecule has 1 aliphatic heterocycles. The molecular formula is C18H29N3O2. The van der Waals surface area contributed by atoms with Gasteiger partial charge in [-0.3, -0.25) is 4.90 Å². The van der Waals surface area contributed by atoms with Gasteiger partial charge in [-0.1, -0.05) is 44.3 Å². The Balaban J connectivity index is 0.00000264. The monoisotopic (exact) mass is 319 g/mol. The number of benzene rings is 1. The minimum Gasteiger partial charge on any atom is -0.445 e. The van der Waals surface area contributed by atoms with Crippen LogP contribution in [0.25, 0.3) is 0 Å². The van der Waals surface area contributed by atoms with Crippen LogP contribution in [0.15, 0.2) is 36.9 Å². The molecule has 1 fully saturated rings. The van der Waals surface area contributed by atoms with Gasteiger partial charge in [-0.25, -0.2) is 4.79 Å². The maximum absolute atomic E-state index is 11.7. The van der Waals surface area contributed by atoms with E-state index in [1.807, 2.05) is 6.92 Å². The lowest BCUT2D eigenvalue weighted by atomic mass is 10.1. The summed E-state index contributed by atoms with van der Waals surface area (Å²) in [5.41, 5.74) is 8.28. The number of nitrogens with zero attached hydrogens (tertiary/aromatic N) is 2. The van der Waals surface area contributed by atoms with Gasteiger partial charge in [-0.2, -0.15) is 0 Å². The predicted octanol–water partition coefficient (Wildman–Crippen LogP) is 2.78. The van der Waals surface area contributed by atoms with Crippen molar-refractivity contribution in [1.82, 2.24) is 9.80 Å². The summed E-state index contributed by atoms with van der Waals surface area (Å²) in [5, 5.41) is 0. The summed E-state index contributed by atoms with van der Waals surface area (Å²) in [5.74, 6) is 0. The molecular weight excluding hydrogens is 290 g/mol. The second-order valence-corrected chi connectivity index (χ2v) is 5.66. The van der Waals surface area contributed by atoms with Gasteiger partial charge in [-0.15, -0.1) is 0 Å². The Morgan fingerprint density at radius 3 is 2.43 bits per heavy atom. The third-order valence-corrected chi connectivity index (χ3v) is 3.87. The Kier molecular flexibility index (Phi) is 7.78. The van der Waals surface area contributed by atoms with Gasteiger partial charge in [0.2, 0.25) is 0 Å². The number of piperazine rings is 1. The summed E-state index contributed by atoms with van der Waals surface area (Å²) in [7, 11) is 0. The van der Waals surface area contributed by atoms with Crippen molar-refractivity contribution in [3.63, 3.8) is 0 Å². The fourth-order valence-corrected chi connectivity index (χ4v) is 2.49. The molecule has 5 nitrogen and oxygen atoms in total. The second-order valence-electron chi connectivity index (χ2n) is 5.66. The summed E-state index contributed by atoms with van der Waals surface area (Å²) in [6, 6.07) is 8.50. The highest BCUT2D eigenvalue weighted by molar-refractivity contribution is 5.67. The normalized spacial score (nSPS) is 16.3. The van der Waals surface area contributed by atoms with E-state index < -0.39 is 0 Å². The average molecular weight is 319 g/mol. The molecule has 0 saturated carbocycles. The topological polar surface area (TPSA) is 58.8 Å². The predicted molar refractivity (Wildman–Crippen MR) is 94.2 cm³/mol. The number of nitrogens with two attached hydrogens (primary N) is 1. The Morgan fingerprint density at radius 2 is 1.91 bits per heavy atom. The van der Waals surface area contributed by atoms with Gasteiger partial charge in [0.25, 0.3) is 0 Å². The molecule has 1 amide bonds. The molecule has 23 heavy (non-hydrogen) atoms. The van der Waals surface area contributed by atoms with Crippen LogP contribution in [-0.4, -0.2) is 48.7 Å². The van der Waals surface area contributed by atoms with Gasteiger partial charge in [0.15, 0.2) is 0 Å². The van der Waals surface area contributed by atoms with Gasteiger partial charge in [0.05, 0.1) is 0 Å². The molecule has 1 heterocycles. The van der Waals surface area contributed by atoms with Crippen molar-refractivity contribution >= 4 is 6.09 Å². The van der Waals surface area contributed by atoms with Gasteiger partial charge >= 0.3 is 6.09 Å². The van der Waals surface area contributed by atoms with Crippen LogP contribution in [-0.2, 0) is 11.3 Å². The summed E-state index contributed by atoms with van der Waals surface area (Å²) < 4.78 is 5.06. The molecule has 0 bridgehead atoms. The van der Waals surface area contributed by atoms with E-state index in [1.54, 1.807) is 11.0 Å². The SMILES string of the molecule is C.C=CCOC(=O)N1CCN(Cc2ccc([C@H](C)N)cc2)CC1. The average Bonchev–Trinajstić information content (AvgIpc) is 2.54. The van der Waals surface area contributed by atoms with E-state index in [9.17, 15) is 4.79 Å². The quantitative estimate of drug-likeness (QED) is 0.848. The molecule has 1 aromatic carbocycles. The van der Waals surface area contributed by atoms with E-state index in [2.05, 4.69) is 35.7 Å². The zero-order valence-electron chi connectivity index (χ0n) is 13.2. The highest BCUT2D eigenvalue weighted by atomic mass is 16.6. The van der Waals surface area contributed by atoms with Crippen molar-refractivity contribution in [3.05, 3.63) is 48.0 Å². The standard InChI is InChI=1S/C17H25N3O2.CH4/c1-3-12-22-17(21)20-10-8-19(9-11-20)13-15-4-6-16(7-5-15)14(2)18;/h3-7,14H,1,8-13,18H2,2H3;1H4/t14-;/m0./s1. The number of hydrogen-bond acceptors (Lipinski definition) is 4. The molecule has 1 saturated heterocycles. The van der Waals surface area contributed by atoms with Gasteiger partial charge in [-0.05, 0) is 18.1 Å². The highest BCUT2D eigenvalue weighted by Crippen LogP contribution is 2.13. The molecule has 0 aliphatic carbocycles. The minimum absolute atomic E-state index is 0. The summed E-state index contributed by atoms with van der Waals surface area (Å²) in [6.45, 7) is 9.82. The van der Waals surface area contributed by atoms with E-state index >= 15 is 0 Å². The van der Waals surface area contributed by atoms with Crippen molar-refractivity contribution in [1.29, 1.82) is 0 Å². The molecule has 0 unspecified atom stereocenters. The van der Waals surface area contributed by atoms with E-state index in [0.29, 0.717) is 13.1 Å². The Morgan fingerprint density at radius 1 is 1.30 bits per heavy atom. The van der Waals surface area contributed by atoms with Crippen LogP contribution < -0.4 is 5.73 Å². The lowest BCUT2D eigenvalue weighted by Gasteiger charge is -2.34. The number of rotatable bonds is 5. The zero-order valence-corrected chi connectivity index (χ0v) is 13.2. The third-order valence-electron chi connectivity index (χ3n) is 3.87. The number of ether oxygens (including phenoxy) is 1. The van der Waals surface area contributed by atoms with Crippen molar-refractivity contribution in [2.75, 3.05) is 32.8 Å². The summed E-state index contributed by atoms with van der Waals surface area (Å²) in [6.07, 6.45) is 1.33. The van der Waals surface area contributed by atoms with Gasteiger partial charge in [0, 0.05) is 38.8 Å². The Labute approximate surface area is 139 Å². The lowest BCUT2D eigenvalue weighted by molar-refractivity contribution is 0.0813. The molecule has 0 aromatic heterocycles. The molecule has 0 radical (unpaired) electrons. The van der Waals surface area contributed by atoms with Crippen molar-refractivity contribution in [3.8, 4) is 0 Å². The largest absolute Gasteiger partial charge is 0.445 e. The Bertz CT molecular complexity index is 491. The van der Waals surface area contributed by atoms with Crippen molar-refractivity contribution in [2.24, 2.45) is 5.73 Å². The van der Waals surface area contributed by atoms with Crippen LogP contribution in [0.3, 0.4) is 0 Å². The van der Waals surface area contributed by atoms with Crippen LogP contribution >= 0.6 is 0 Å². The maximum atomic E-state index is 11.7. The van der Waals surface area contributed by atoms with Crippen molar-refractivity contribution in [2.45, 2.75) is 26.9 Å². The number of carbonyl (C=O) groups is 1. The summed E-state index contributed by atoms with van der Waals surface area (Å²) in [4.78, 5) is 15.8. The third kappa shape index (κ3) is 5.69. The van der Waals surface area contributed by atoms with Crippen LogP contribution in [0, 0.1) is 0 Å². The number of hydrogen-bond donors (Lipinski definition) is 1. The molecule has 1 aromatic rings. The first-order chi connectivity index (χ1) is 10.6. The van der Waals surface area contributed by atoms with E-state index in [1.165, 1.54) is 5.56 Å². The highest BCUT2D eigenvalue weighted by Gasteiger charge is 2.21. The molecule has 1 atom stereocenters. The van der Waals surface area contributed by atoms with Crippen LogP contribution in [0.1, 0.15) is 31.5 Å². The first-order valence-electron chi connectivity index (χ1n) is 7.69. The molecule has 128 valence electrons. The smallest absolute Gasteiger partial charge is 0.410 e. The molecule has 1 aliphatic rings. The molecule has 5 heteroatoms. The zero-order chi connectivity index (χ0) is 15.9. The second kappa shape index (κ2) is 9.33. The van der Waals surface area contributed by atoms with Crippen LogP contribution in [0.5, 0.6) is 0 Å². The fraction of sp³-hybridized carbons (Fsp3) is 0.500. The maximum Gasteiger partial charge on any atom is 0.410 e. The molecule has 0 spiro atoms.